The van der Waals surface area contributed by atoms with Gasteiger partial charge in [-0.1, -0.05) is 64.1 Å². The number of pyridine rings is 1. The fourth-order valence-electron chi connectivity index (χ4n) is 3.54. The molecule has 3 heteroatoms. The van der Waals surface area contributed by atoms with E-state index in [4.69, 9.17) is 4.98 Å². The van der Waals surface area contributed by atoms with Gasteiger partial charge in [-0.25, -0.2) is 0 Å². The zero-order chi connectivity index (χ0) is 20.3. The van der Waals surface area contributed by atoms with Crippen molar-refractivity contribution in [3.05, 3.63) is 77.5 Å². The van der Waals surface area contributed by atoms with E-state index in [2.05, 4.69) is 58.1 Å². The zero-order valence-corrected chi connectivity index (χ0v) is 17.4. The van der Waals surface area contributed by atoms with Gasteiger partial charge in [0.15, 0.2) is 0 Å². The molecule has 1 heterocycles. The van der Waals surface area contributed by atoms with Gasteiger partial charge in [-0.2, -0.15) is 0 Å². The summed E-state index contributed by atoms with van der Waals surface area (Å²) in [4.78, 5) is 4.83. The monoisotopic (exact) mass is 374 g/mol. The fraction of sp³-hybridized carbons (Fsp3) is 0.320. The topological polar surface area (TPSA) is 45.1 Å². The Bertz CT molecular complexity index is 921. The highest BCUT2D eigenvalue weighted by molar-refractivity contribution is 5.67. The first-order valence-corrected chi connectivity index (χ1v) is 10.0. The number of nitrogens with one attached hydrogen (secondary N) is 1. The predicted molar refractivity (Wildman–Crippen MR) is 118 cm³/mol. The van der Waals surface area contributed by atoms with Crippen LogP contribution in [0, 0.1) is 0 Å². The number of phenolic OH excluding ortho intramolecular Hbond substituents is 1. The summed E-state index contributed by atoms with van der Waals surface area (Å²) in [7, 11) is 0. The van der Waals surface area contributed by atoms with Gasteiger partial charge in [-0.3, -0.25) is 4.98 Å². The van der Waals surface area contributed by atoms with Crippen molar-refractivity contribution < 1.29 is 5.11 Å². The van der Waals surface area contributed by atoms with Gasteiger partial charge in [0.1, 0.15) is 5.75 Å². The lowest BCUT2D eigenvalue weighted by molar-refractivity contribution is 0.477. The Morgan fingerprint density at radius 1 is 0.750 bits per heavy atom. The van der Waals surface area contributed by atoms with Crippen molar-refractivity contribution in [1.29, 1.82) is 0 Å². The number of phenols is 1. The van der Waals surface area contributed by atoms with E-state index in [-0.39, 0.29) is 11.8 Å². The average Bonchev–Trinajstić information content (AvgIpc) is 2.68. The lowest BCUT2D eigenvalue weighted by atomic mass is 9.92. The SMILES string of the molecule is CC(C)c1cccc(C(C)C)c1N[C@H](C)c1cccc(-c2ccccc2O)n1. The molecule has 1 atom stereocenters. The molecule has 0 aliphatic rings. The van der Waals surface area contributed by atoms with Crippen LogP contribution < -0.4 is 5.32 Å². The molecule has 1 aromatic heterocycles. The molecule has 0 radical (unpaired) electrons. The highest BCUT2D eigenvalue weighted by Crippen LogP contribution is 2.35. The van der Waals surface area contributed by atoms with Crippen molar-refractivity contribution in [3.63, 3.8) is 0 Å². The Morgan fingerprint density at radius 2 is 1.36 bits per heavy atom. The van der Waals surface area contributed by atoms with Crippen LogP contribution in [-0.4, -0.2) is 10.1 Å². The molecule has 0 aliphatic carbocycles. The molecule has 2 N–H and O–H groups in total. The Hall–Kier alpha value is -2.81. The number of hydrogen-bond donors (Lipinski definition) is 2. The number of aromatic nitrogens is 1. The van der Waals surface area contributed by atoms with Crippen molar-refractivity contribution >= 4 is 5.69 Å². The van der Waals surface area contributed by atoms with Gasteiger partial charge in [-0.15, -0.1) is 0 Å². The average molecular weight is 375 g/mol. The van der Waals surface area contributed by atoms with Gasteiger partial charge in [0, 0.05) is 11.3 Å². The maximum atomic E-state index is 10.2. The fourth-order valence-corrected chi connectivity index (χ4v) is 3.54. The quantitative estimate of drug-likeness (QED) is 0.494. The first-order valence-electron chi connectivity index (χ1n) is 10.0. The second-order valence-corrected chi connectivity index (χ2v) is 7.95. The Labute approximate surface area is 168 Å². The minimum absolute atomic E-state index is 0.0446. The molecule has 0 saturated heterocycles. The van der Waals surface area contributed by atoms with Crippen LogP contribution in [0.3, 0.4) is 0 Å². The molecule has 3 nitrogen and oxygen atoms in total. The third-order valence-electron chi connectivity index (χ3n) is 5.13. The van der Waals surface area contributed by atoms with E-state index in [9.17, 15) is 5.11 Å². The summed E-state index contributed by atoms with van der Waals surface area (Å²) in [6.07, 6.45) is 0. The van der Waals surface area contributed by atoms with Crippen LogP contribution in [0.2, 0.25) is 0 Å². The van der Waals surface area contributed by atoms with Gasteiger partial charge in [-0.05, 0) is 54.2 Å². The second kappa shape index (κ2) is 8.47. The molecule has 28 heavy (non-hydrogen) atoms. The van der Waals surface area contributed by atoms with Crippen LogP contribution in [-0.2, 0) is 0 Å². The number of aromatic hydroxyl groups is 1. The number of rotatable bonds is 6. The van der Waals surface area contributed by atoms with Crippen LogP contribution in [0.25, 0.3) is 11.3 Å². The molecule has 146 valence electrons. The highest BCUT2D eigenvalue weighted by atomic mass is 16.3. The molecule has 2 aromatic carbocycles. The highest BCUT2D eigenvalue weighted by Gasteiger charge is 2.17. The van der Waals surface area contributed by atoms with E-state index in [0.29, 0.717) is 11.8 Å². The van der Waals surface area contributed by atoms with Gasteiger partial charge in [0.25, 0.3) is 0 Å². The van der Waals surface area contributed by atoms with E-state index >= 15 is 0 Å². The summed E-state index contributed by atoms with van der Waals surface area (Å²) in [5, 5.41) is 13.9. The van der Waals surface area contributed by atoms with Crippen molar-refractivity contribution in [2.45, 2.75) is 52.5 Å². The van der Waals surface area contributed by atoms with Crippen molar-refractivity contribution in [2.75, 3.05) is 5.32 Å². The Morgan fingerprint density at radius 3 is 1.96 bits per heavy atom. The normalized spacial score (nSPS) is 12.4. The Kier molecular flexibility index (Phi) is 6.03. The van der Waals surface area contributed by atoms with Crippen molar-refractivity contribution in [2.24, 2.45) is 0 Å². The summed E-state index contributed by atoms with van der Waals surface area (Å²) in [5.74, 6) is 1.13. The summed E-state index contributed by atoms with van der Waals surface area (Å²) >= 11 is 0. The van der Waals surface area contributed by atoms with E-state index < -0.39 is 0 Å². The first kappa shape index (κ1) is 19.9. The van der Waals surface area contributed by atoms with Crippen LogP contribution in [0.15, 0.2) is 60.7 Å². The number of nitrogens with zero attached hydrogens (tertiary/aromatic N) is 1. The van der Waals surface area contributed by atoms with Gasteiger partial charge >= 0.3 is 0 Å². The number of benzene rings is 2. The van der Waals surface area contributed by atoms with E-state index in [1.54, 1.807) is 6.07 Å². The summed E-state index contributed by atoms with van der Waals surface area (Å²) < 4.78 is 0. The molecule has 0 bridgehead atoms. The van der Waals surface area contributed by atoms with Gasteiger partial charge in [0.2, 0.25) is 0 Å². The minimum Gasteiger partial charge on any atom is -0.507 e. The van der Waals surface area contributed by atoms with Crippen LogP contribution >= 0.6 is 0 Å². The van der Waals surface area contributed by atoms with Crippen LogP contribution in [0.4, 0.5) is 5.69 Å². The first-order chi connectivity index (χ1) is 13.4. The molecule has 0 fully saturated rings. The maximum Gasteiger partial charge on any atom is 0.124 e. The minimum atomic E-state index is 0.0446. The van der Waals surface area contributed by atoms with Crippen molar-refractivity contribution in [1.82, 2.24) is 4.98 Å². The number of hydrogen-bond acceptors (Lipinski definition) is 3. The molecule has 0 aliphatic heterocycles. The maximum absolute atomic E-state index is 10.2. The van der Waals surface area contributed by atoms with E-state index in [1.807, 2.05) is 36.4 Å². The third kappa shape index (κ3) is 4.19. The van der Waals surface area contributed by atoms with Gasteiger partial charge in [0.05, 0.1) is 17.4 Å². The predicted octanol–water partition coefficient (Wildman–Crippen LogP) is 6.87. The Balaban J connectivity index is 1.96. The largest absolute Gasteiger partial charge is 0.507 e. The van der Waals surface area contributed by atoms with Crippen LogP contribution in [0.5, 0.6) is 5.75 Å². The number of para-hydroxylation sites is 2. The second-order valence-electron chi connectivity index (χ2n) is 7.95. The number of anilines is 1. The molecule has 3 rings (SSSR count). The molecule has 0 saturated carbocycles. The molecular weight excluding hydrogens is 344 g/mol. The zero-order valence-electron chi connectivity index (χ0n) is 17.4. The molecule has 0 unspecified atom stereocenters. The van der Waals surface area contributed by atoms with E-state index in [1.165, 1.54) is 16.8 Å². The molecule has 0 spiro atoms. The standard InChI is InChI=1S/C25H30N2O/c1-16(2)19-11-8-12-20(17(3)4)25(19)26-18(5)22-13-9-14-23(27-22)21-10-6-7-15-24(21)28/h6-18,26,28H,1-5H3/t18-/m1/s1. The molecular formula is C25H30N2O. The van der Waals surface area contributed by atoms with E-state index in [0.717, 1.165) is 17.0 Å². The summed E-state index contributed by atoms with van der Waals surface area (Å²) in [5.41, 5.74) is 6.36. The summed E-state index contributed by atoms with van der Waals surface area (Å²) in [6.45, 7) is 11.1. The smallest absolute Gasteiger partial charge is 0.124 e. The molecule has 0 amide bonds. The molecule has 3 aromatic rings. The lowest BCUT2D eigenvalue weighted by Crippen LogP contribution is -2.13. The van der Waals surface area contributed by atoms with Crippen molar-refractivity contribution in [3.8, 4) is 17.0 Å². The van der Waals surface area contributed by atoms with Crippen LogP contribution in [0.1, 0.15) is 69.3 Å². The van der Waals surface area contributed by atoms with Gasteiger partial charge < -0.3 is 10.4 Å². The lowest BCUT2D eigenvalue weighted by Gasteiger charge is -2.24. The third-order valence-corrected chi connectivity index (χ3v) is 5.13. The summed E-state index contributed by atoms with van der Waals surface area (Å²) in [6, 6.07) is 19.9.